The molecule has 2 N–H and O–H groups in total. The molecule has 0 bridgehead atoms. The molecule has 100 valence electrons. The van der Waals surface area contributed by atoms with Crippen LogP contribution in [0.2, 0.25) is 0 Å². The zero-order valence-electron chi connectivity index (χ0n) is 11.5. The van der Waals surface area contributed by atoms with E-state index in [2.05, 4.69) is 13.8 Å². The average Bonchev–Trinajstić information content (AvgIpc) is 2.35. The molecule has 4 heteroatoms. The first kappa shape index (κ1) is 14.4. The van der Waals surface area contributed by atoms with Crippen molar-refractivity contribution in [3.8, 4) is 5.75 Å². The van der Waals surface area contributed by atoms with Gasteiger partial charge < -0.3 is 15.4 Å². The van der Waals surface area contributed by atoms with Gasteiger partial charge in [0.1, 0.15) is 5.75 Å². The molecular formula is C14H22N2O2. The number of nitrogens with zero attached hydrogens (tertiary/aromatic N) is 1. The summed E-state index contributed by atoms with van der Waals surface area (Å²) in [5.41, 5.74) is 6.25. The third kappa shape index (κ3) is 3.95. The highest BCUT2D eigenvalue weighted by Gasteiger charge is 2.18. The Kier molecular flexibility index (Phi) is 5.01. The predicted molar refractivity (Wildman–Crippen MR) is 73.4 cm³/mol. The monoisotopic (exact) mass is 250 g/mol. The van der Waals surface area contributed by atoms with Crippen molar-refractivity contribution in [3.05, 3.63) is 24.3 Å². The Balaban J connectivity index is 2.48. The van der Waals surface area contributed by atoms with E-state index in [4.69, 9.17) is 10.5 Å². The topological polar surface area (TPSA) is 55.6 Å². The number of amides is 1. The summed E-state index contributed by atoms with van der Waals surface area (Å²) >= 11 is 0. The van der Waals surface area contributed by atoms with Crippen LogP contribution in [-0.2, 0) is 4.79 Å². The van der Waals surface area contributed by atoms with Crippen LogP contribution in [0.3, 0.4) is 0 Å². The van der Waals surface area contributed by atoms with Crippen molar-refractivity contribution in [1.82, 2.24) is 4.90 Å². The van der Waals surface area contributed by atoms with Gasteiger partial charge in [0, 0.05) is 18.8 Å². The van der Waals surface area contributed by atoms with Crippen molar-refractivity contribution < 1.29 is 9.53 Å². The summed E-state index contributed by atoms with van der Waals surface area (Å²) < 4.78 is 5.43. The zero-order chi connectivity index (χ0) is 13.7. The van der Waals surface area contributed by atoms with Gasteiger partial charge in [-0.15, -0.1) is 0 Å². The fourth-order valence-corrected chi connectivity index (χ4v) is 1.49. The van der Waals surface area contributed by atoms with E-state index in [1.165, 1.54) is 0 Å². The van der Waals surface area contributed by atoms with Crippen molar-refractivity contribution in [2.45, 2.75) is 26.8 Å². The van der Waals surface area contributed by atoms with E-state index >= 15 is 0 Å². The van der Waals surface area contributed by atoms with Gasteiger partial charge in [-0.25, -0.2) is 0 Å². The molecule has 1 amide bonds. The molecule has 0 aromatic heterocycles. The number of benzene rings is 1. The molecule has 0 fully saturated rings. The maximum absolute atomic E-state index is 11.9. The molecule has 0 aliphatic heterocycles. The quantitative estimate of drug-likeness (QED) is 0.815. The standard InChI is InChI=1S/C14H22N2O2/c1-10(2)11(3)16(4)14(17)9-18-13-7-5-12(15)6-8-13/h5-8,10-11H,9,15H2,1-4H3. The number of nitrogens with two attached hydrogens (primary N) is 1. The predicted octanol–water partition coefficient (Wildman–Crippen LogP) is 2.15. The largest absolute Gasteiger partial charge is 0.484 e. The molecule has 0 spiro atoms. The Hall–Kier alpha value is -1.71. The number of hydrogen-bond donors (Lipinski definition) is 1. The van der Waals surface area contributed by atoms with E-state index in [0.717, 1.165) is 0 Å². The number of carbonyl (C=O) groups is 1. The van der Waals surface area contributed by atoms with E-state index in [1.54, 1.807) is 36.2 Å². The first-order chi connectivity index (χ1) is 8.41. The summed E-state index contributed by atoms with van der Waals surface area (Å²) in [6.45, 7) is 6.27. The Morgan fingerprint density at radius 1 is 1.28 bits per heavy atom. The first-order valence-electron chi connectivity index (χ1n) is 6.15. The average molecular weight is 250 g/mol. The first-order valence-corrected chi connectivity index (χ1v) is 6.15. The number of ether oxygens (including phenoxy) is 1. The van der Waals surface area contributed by atoms with Crippen LogP contribution in [0, 0.1) is 5.92 Å². The van der Waals surface area contributed by atoms with Gasteiger partial charge in [-0.05, 0) is 37.1 Å². The van der Waals surface area contributed by atoms with Crippen molar-refractivity contribution >= 4 is 11.6 Å². The number of likely N-dealkylation sites (N-methyl/N-ethyl adjacent to an activating group) is 1. The highest BCUT2D eigenvalue weighted by Crippen LogP contribution is 2.14. The third-order valence-corrected chi connectivity index (χ3v) is 3.21. The van der Waals surface area contributed by atoms with Gasteiger partial charge in [0.2, 0.25) is 0 Å². The normalized spacial score (nSPS) is 12.3. The lowest BCUT2D eigenvalue weighted by Crippen LogP contribution is -2.40. The lowest BCUT2D eigenvalue weighted by molar-refractivity contribution is -0.134. The van der Waals surface area contributed by atoms with Gasteiger partial charge in [0.05, 0.1) is 0 Å². The molecule has 0 aliphatic carbocycles. The molecule has 4 nitrogen and oxygen atoms in total. The second-order valence-corrected chi connectivity index (χ2v) is 4.85. The van der Waals surface area contributed by atoms with Crippen molar-refractivity contribution in [2.75, 3.05) is 19.4 Å². The highest BCUT2D eigenvalue weighted by molar-refractivity contribution is 5.77. The zero-order valence-corrected chi connectivity index (χ0v) is 11.5. The summed E-state index contributed by atoms with van der Waals surface area (Å²) in [5, 5.41) is 0. The summed E-state index contributed by atoms with van der Waals surface area (Å²) in [4.78, 5) is 13.6. The maximum atomic E-state index is 11.9. The number of carbonyl (C=O) groups excluding carboxylic acids is 1. The summed E-state index contributed by atoms with van der Waals surface area (Å²) in [5.74, 6) is 1.06. The summed E-state index contributed by atoms with van der Waals surface area (Å²) in [6.07, 6.45) is 0. The fraction of sp³-hybridized carbons (Fsp3) is 0.500. The SMILES string of the molecule is CC(C)C(C)N(C)C(=O)COc1ccc(N)cc1. The van der Waals surface area contributed by atoms with Crippen LogP contribution in [0.15, 0.2) is 24.3 Å². The number of hydrogen-bond acceptors (Lipinski definition) is 3. The van der Waals surface area contributed by atoms with Crippen LogP contribution in [0.1, 0.15) is 20.8 Å². The van der Waals surface area contributed by atoms with Gasteiger partial charge in [0.25, 0.3) is 5.91 Å². The van der Waals surface area contributed by atoms with Gasteiger partial charge in [0.15, 0.2) is 6.61 Å². The maximum Gasteiger partial charge on any atom is 0.260 e. The summed E-state index contributed by atoms with van der Waals surface area (Å²) in [7, 11) is 1.80. The van der Waals surface area contributed by atoms with E-state index in [9.17, 15) is 4.79 Å². The second-order valence-electron chi connectivity index (χ2n) is 4.85. The molecule has 1 rings (SSSR count). The van der Waals surface area contributed by atoms with Crippen LogP contribution in [0.25, 0.3) is 0 Å². The van der Waals surface area contributed by atoms with Crippen LogP contribution in [0.4, 0.5) is 5.69 Å². The number of anilines is 1. The van der Waals surface area contributed by atoms with E-state index in [-0.39, 0.29) is 18.6 Å². The Labute approximate surface area is 109 Å². The molecule has 0 saturated heterocycles. The minimum Gasteiger partial charge on any atom is -0.484 e. The third-order valence-electron chi connectivity index (χ3n) is 3.21. The van der Waals surface area contributed by atoms with Gasteiger partial charge in [-0.1, -0.05) is 13.8 Å². The smallest absolute Gasteiger partial charge is 0.260 e. The van der Waals surface area contributed by atoms with Crippen LogP contribution in [-0.4, -0.2) is 30.5 Å². The Morgan fingerprint density at radius 2 is 1.83 bits per heavy atom. The minimum absolute atomic E-state index is 0.0203. The lowest BCUT2D eigenvalue weighted by Gasteiger charge is -2.27. The Morgan fingerprint density at radius 3 is 2.33 bits per heavy atom. The van der Waals surface area contributed by atoms with Crippen LogP contribution in [0.5, 0.6) is 5.75 Å². The lowest BCUT2D eigenvalue weighted by atomic mass is 10.1. The van der Waals surface area contributed by atoms with E-state index in [0.29, 0.717) is 17.4 Å². The molecular weight excluding hydrogens is 228 g/mol. The van der Waals surface area contributed by atoms with Crippen molar-refractivity contribution in [2.24, 2.45) is 5.92 Å². The van der Waals surface area contributed by atoms with Crippen LogP contribution < -0.4 is 10.5 Å². The molecule has 1 aromatic carbocycles. The second kappa shape index (κ2) is 6.28. The Bertz CT molecular complexity index is 387. The van der Waals surface area contributed by atoms with E-state index in [1.807, 2.05) is 6.92 Å². The molecule has 0 radical (unpaired) electrons. The number of nitrogen functional groups attached to an aromatic ring is 1. The molecule has 0 saturated carbocycles. The van der Waals surface area contributed by atoms with Gasteiger partial charge in [-0.3, -0.25) is 4.79 Å². The van der Waals surface area contributed by atoms with Gasteiger partial charge >= 0.3 is 0 Å². The van der Waals surface area contributed by atoms with Crippen molar-refractivity contribution in [1.29, 1.82) is 0 Å². The summed E-state index contributed by atoms with van der Waals surface area (Å²) in [6, 6.07) is 7.22. The molecule has 1 aromatic rings. The molecule has 0 heterocycles. The van der Waals surface area contributed by atoms with Crippen molar-refractivity contribution in [3.63, 3.8) is 0 Å². The molecule has 1 unspecified atom stereocenters. The molecule has 0 aliphatic rings. The van der Waals surface area contributed by atoms with E-state index < -0.39 is 0 Å². The molecule has 18 heavy (non-hydrogen) atoms. The minimum atomic E-state index is -0.0203. The molecule has 1 atom stereocenters. The highest BCUT2D eigenvalue weighted by atomic mass is 16.5. The van der Waals surface area contributed by atoms with Crippen LogP contribution >= 0.6 is 0 Å². The number of rotatable bonds is 5. The van der Waals surface area contributed by atoms with Gasteiger partial charge in [-0.2, -0.15) is 0 Å². The fourth-order valence-electron chi connectivity index (χ4n) is 1.49.